The molecule has 21 heavy (non-hydrogen) atoms. The zero-order valence-corrected chi connectivity index (χ0v) is 13.8. The number of halogens is 1. The van der Waals surface area contributed by atoms with Crippen LogP contribution in [0.4, 0.5) is 0 Å². The number of benzene rings is 1. The molecule has 0 aliphatic heterocycles. The van der Waals surface area contributed by atoms with E-state index in [1.165, 1.54) is 50.8 Å². The van der Waals surface area contributed by atoms with Crippen LogP contribution in [0.2, 0.25) is 5.02 Å². The van der Waals surface area contributed by atoms with Crippen LogP contribution in [0, 0.1) is 5.92 Å². The average Bonchev–Trinajstić information content (AvgIpc) is 3.35. The monoisotopic (exact) mass is 306 g/mol. The van der Waals surface area contributed by atoms with Crippen LogP contribution in [0.15, 0.2) is 24.3 Å². The Morgan fingerprint density at radius 1 is 1.29 bits per heavy atom. The summed E-state index contributed by atoms with van der Waals surface area (Å²) in [6.45, 7) is 5.73. The Kier molecular flexibility index (Phi) is 5.20. The van der Waals surface area contributed by atoms with Crippen LogP contribution in [-0.2, 0) is 0 Å². The van der Waals surface area contributed by atoms with E-state index in [9.17, 15) is 0 Å². The van der Waals surface area contributed by atoms with Crippen LogP contribution in [0.5, 0.6) is 0 Å². The average molecular weight is 307 g/mol. The molecule has 3 rings (SSSR count). The maximum Gasteiger partial charge on any atom is 0.0409 e. The van der Waals surface area contributed by atoms with Crippen LogP contribution >= 0.6 is 11.6 Å². The molecule has 1 unspecified atom stereocenters. The molecule has 0 bridgehead atoms. The first-order chi connectivity index (χ1) is 10.3. The molecule has 3 heteroatoms. The Bertz CT molecular complexity index is 454. The van der Waals surface area contributed by atoms with Crippen molar-refractivity contribution in [3.05, 3.63) is 34.9 Å². The summed E-state index contributed by atoms with van der Waals surface area (Å²) in [6.07, 6.45) is 6.91. The number of hydrogen-bond donors (Lipinski definition) is 1. The molecule has 1 N–H and O–H groups in total. The number of nitrogens with one attached hydrogen (secondary N) is 1. The van der Waals surface area contributed by atoms with Crippen molar-refractivity contribution in [3.8, 4) is 0 Å². The molecule has 1 aromatic rings. The van der Waals surface area contributed by atoms with Gasteiger partial charge in [0.2, 0.25) is 0 Å². The van der Waals surface area contributed by atoms with Gasteiger partial charge in [0, 0.05) is 30.2 Å². The van der Waals surface area contributed by atoms with Gasteiger partial charge in [-0.15, -0.1) is 0 Å². The van der Waals surface area contributed by atoms with Crippen molar-refractivity contribution in [1.29, 1.82) is 0 Å². The molecule has 0 heterocycles. The van der Waals surface area contributed by atoms with Gasteiger partial charge in [0.25, 0.3) is 0 Å². The minimum Gasteiger partial charge on any atom is -0.310 e. The molecule has 2 aliphatic rings. The molecule has 2 saturated carbocycles. The summed E-state index contributed by atoms with van der Waals surface area (Å²) in [5.41, 5.74) is 1.33. The zero-order valence-electron chi connectivity index (χ0n) is 13.0. The minimum atomic E-state index is 0.425. The fourth-order valence-corrected chi connectivity index (χ4v) is 3.34. The van der Waals surface area contributed by atoms with Gasteiger partial charge in [0.15, 0.2) is 0 Å². The van der Waals surface area contributed by atoms with Crippen LogP contribution in [0.3, 0.4) is 0 Å². The Morgan fingerprint density at radius 3 is 2.71 bits per heavy atom. The summed E-state index contributed by atoms with van der Waals surface area (Å²) in [6, 6.07) is 9.63. The second-order valence-corrected chi connectivity index (χ2v) is 7.06. The molecule has 0 saturated heterocycles. The zero-order chi connectivity index (χ0) is 14.7. The highest BCUT2D eigenvalue weighted by atomic mass is 35.5. The first-order valence-corrected chi connectivity index (χ1v) is 8.87. The van der Waals surface area contributed by atoms with E-state index >= 15 is 0 Å². The van der Waals surface area contributed by atoms with E-state index in [0.717, 1.165) is 23.5 Å². The van der Waals surface area contributed by atoms with E-state index < -0.39 is 0 Å². The van der Waals surface area contributed by atoms with Gasteiger partial charge in [-0.2, -0.15) is 0 Å². The molecule has 0 amide bonds. The van der Waals surface area contributed by atoms with Crippen LogP contribution in [-0.4, -0.2) is 30.6 Å². The smallest absolute Gasteiger partial charge is 0.0409 e. The highest BCUT2D eigenvalue weighted by molar-refractivity contribution is 6.30. The normalized spacial score (nSPS) is 20.0. The molecule has 1 atom stereocenters. The Balaban J connectivity index is 1.58. The highest BCUT2D eigenvalue weighted by Crippen LogP contribution is 2.35. The van der Waals surface area contributed by atoms with Crippen molar-refractivity contribution >= 4 is 11.6 Å². The predicted molar refractivity (Wildman–Crippen MR) is 89.8 cm³/mol. The summed E-state index contributed by atoms with van der Waals surface area (Å²) in [5.74, 6) is 0.995. The third kappa shape index (κ3) is 4.70. The standard InChI is InChI=1S/C18H27ClN2/c1-2-20-18(15-4-3-5-16(19)12-15)10-11-21(17-8-9-17)13-14-6-7-14/h3-5,12,14,17-18,20H,2,6-11,13H2,1H3. The topological polar surface area (TPSA) is 15.3 Å². The summed E-state index contributed by atoms with van der Waals surface area (Å²) in [4.78, 5) is 2.74. The lowest BCUT2D eigenvalue weighted by atomic mass is 10.0. The Labute approximate surface area is 133 Å². The van der Waals surface area contributed by atoms with Gasteiger partial charge < -0.3 is 10.2 Å². The molecular weight excluding hydrogens is 280 g/mol. The Morgan fingerprint density at radius 2 is 2.10 bits per heavy atom. The maximum absolute atomic E-state index is 6.15. The molecule has 0 aromatic heterocycles. The summed E-state index contributed by atoms with van der Waals surface area (Å²) in [5, 5.41) is 4.46. The first kappa shape index (κ1) is 15.3. The second kappa shape index (κ2) is 7.13. The molecular formula is C18H27ClN2. The van der Waals surface area contributed by atoms with E-state index in [2.05, 4.69) is 35.3 Å². The number of hydrogen-bond acceptors (Lipinski definition) is 2. The third-order valence-corrected chi connectivity index (χ3v) is 4.89. The molecule has 2 nitrogen and oxygen atoms in total. The molecule has 1 aromatic carbocycles. The van der Waals surface area contributed by atoms with Gasteiger partial charge in [0.05, 0.1) is 0 Å². The van der Waals surface area contributed by atoms with Crippen LogP contribution in [0.25, 0.3) is 0 Å². The molecule has 116 valence electrons. The third-order valence-electron chi connectivity index (χ3n) is 4.66. The van der Waals surface area contributed by atoms with E-state index in [-0.39, 0.29) is 0 Å². The van der Waals surface area contributed by atoms with Gasteiger partial charge in [0.1, 0.15) is 0 Å². The predicted octanol–water partition coefficient (Wildman–Crippen LogP) is 4.26. The number of rotatable bonds is 9. The molecule has 2 aliphatic carbocycles. The van der Waals surface area contributed by atoms with Gasteiger partial charge in [-0.1, -0.05) is 30.7 Å². The van der Waals surface area contributed by atoms with E-state index in [1.807, 2.05) is 6.07 Å². The van der Waals surface area contributed by atoms with Crippen molar-refractivity contribution in [2.24, 2.45) is 5.92 Å². The fourth-order valence-electron chi connectivity index (χ4n) is 3.15. The van der Waals surface area contributed by atoms with Crippen molar-refractivity contribution in [3.63, 3.8) is 0 Å². The van der Waals surface area contributed by atoms with Crippen molar-refractivity contribution in [2.75, 3.05) is 19.6 Å². The van der Waals surface area contributed by atoms with E-state index in [0.29, 0.717) is 6.04 Å². The molecule has 0 radical (unpaired) electrons. The second-order valence-electron chi connectivity index (χ2n) is 6.62. The quantitative estimate of drug-likeness (QED) is 0.733. The van der Waals surface area contributed by atoms with Gasteiger partial charge in [-0.3, -0.25) is 0 Å². The van der Waals surface area contributed by atoms with Gasteiger partial charge in [-0.05, 0) is 62.3 Å². The maximum atomic E-state index is 6.15. The van der Waals surface area contributed by atoms with Gasteiger partial charge >= 0.3 is 0 Å². The number of nitrogens with zero attached hydrogens (tertiary/aromatic N) is 1. The van der Waals surface area contributed by atoms with Crippen molar-refractivity contribution in [2.45, 2.75) is 51.1 Å². The summed E-state index contributed by atoms with van der Waals surface area (Å²) >= 11 is 6.15. The summed E-state index contributed by atoms with van der Waals surface area (Å²) in [7, 11) is 0. The lowest BCUT2D eigenvalue weighted by Crippen LogP contribution is -2.32. The molecule has 2 fully saturated rings. The SMILES string of the molecule is CCNC(CCN(CC1CC1)C1CC1)c1cccc(Cl)c1. The molecule has 0 spiro atoms. The van der Waals surface area contributed by atoms with Gasteiger partial charge in [-0.25, -0.2) is 0 Å². The van der Waals surface area contributed by atoms with Crippen molar-refractivity contribution < 1.29 is 0 Å². The fraction of sp³-hybridized carbons (Fsp3) is 0.667. The lowest BCUT2D eigenvalue weighted by molar-refractivity contribution is 0.238. The largest absolute Gasteiger partial charge is 0.310 e. The van der Waals surface area contributed by atoms with E-state index in [1.54, 1.807) is 0 Å². The van der Waals surface area contributed by atoms with Crippen LogP contribution in [0.1, 0.15) is 50.6 Å². The van der Waals surface area contributed by atoms with E-state index in [4.69, 9.17) is 11.6 Å². The Hall–Kier alpha value is -0.570. The summed E-state index contributed by atoms with van der Waals surface area (Å²) < 4.78 is 0. The van der Waals surface area contributed by atoms with Crippen LogP contribution < -0.4 is 5.32 Å². The highest BCUT2D eigenvalue weighted by Gasteiger charge is 2.33. The van der Waals surface area contributed by atoms with Crippen molar-refractivity contribution in [1.82, 2.24) is 10.2 Å². The minimum absolute atomic E-state index is 0.425. The lowest BCUT2D eigenvalue weighted by Gasteiger charge is -2.26. The first-order valence-electron chi connectivity index (χ1n) is 8.49.